The Morgan fingerprint density at radius 1 is 1.40 bits per heavy atom. The topological polar surface area (TPSA) is 34.9 Å². The monoisotopic (exact) mass is 202 g/mol. The van der Waals surface area contributed by atoms with Crippen LogP contribution in [0.2, 0.25) is 0 Å². The van der Waals surface area contributed by atoms with Gasteiger partial charge in [0.05, 0.1) is 11.0 Å². The fourth-order valence-corrected chi connectivity index (χ4v) is 1.76. The molecule has 3 heteroatoms. The van der Waals surface area contributed by atoms with Gasteiger partial charge in [0.25, 0.3) is 0 Å². The zero-order chi connectivity index (χ0) is 10.7. The number of unbranched alkanes of at least 4 members (excludes halogenated alkanes) is 1. The number of fused-ring (bicyclic) bond motifs is 1. The second-order valence-electron chi connectivity index (χ2n) is 3.63. The van der Waals surface area contributed by atoms with E-state index in [1.807, 2.05) is 25.2 Å². The summed E-state index contributed by atoms with van der Waals surface area (Å²) < 4.78 is 2.10. The third kappa shape index (κ3) is 1.91. The molecule has 0 amide bonds. The van der Waals surface area contributed by atoms with E-state index in [2.05, 4.69) is 15.6 Å². The maximum absolute atomic E-state index is 10.2. The molecule has 0 unspecified atom stereocenters. The maximum atomic E-state index is 10.2. The van der Waals surface area contributed by atoms with Crippen molar-refractivity contribution < 1.29 is 4.79 Å². The van der Waals surface area contributed by atoms with Gasteiger partial charge in [0.15, 0.2) is 0 Å². The van der Waals surface area contributed by atoms with Crippen molar-refractivity contribution in [2.24, 2.45) is 7.05 Å². The molecule has 1 aromatic carbocycles. The lowest BCUT2D eigenvalue weighted by Crippen LogP contribution is -1.97. The molecule has 0 bridgehead atoms. The first-order chi connectivity index (χ1) is 7.33. The molecule has 0 radical (unpaired) electrons. The highest BCUT2D eigenvalue weighted by molar-refractivity contribution is 5.75. The quantitative estimate of drug-likeness (QED) is 0.562. The molecule has 0 atom stereocenters. The first kappa shape index (κ1) is 9.90. The van der Waals surface area contributed by atoms with Crippen molar-refractivity contribution in [1.82, 2.24) is 9.55 Å². The van der Waals surface area contributed by atoms with Crippen LogP contribution < -0.4 is 0 Å². The van der Waals surface area contributed by atoms with Crippen LogP contribution in [-0.2, 0) is 18.3 Å². The van der Waals surface area contributed by atoms with Crippen LogP contribution in [-0.4, -0.2) is 15.8 Å². The van der Waals surface area contributed by atoms with Gasteiger partial charge in [-0.15, -0.1) is 0 Å². The zero-order valence-electron chi connectivity index (χ0n) is 8.81. The molecule has 0 spiro atoms. The molecular formula is C12H14N2O. The Morgan fingerprint density at radius 3 is 2.93 bits per heavy atom. The van der Waals surface area contributed by atoms with E-state index >= 15 is 0 Å². The predicted octanol–water partition coefficient (Wildman–Crippen LogP) is 2.09. The molecule has 1 heterocycles. The van der Waals surface area contributed by atoms with E-state index in [0.29, 0.717) is 6.42 Å². The van der Waals surface area contributed by atoms with E-state index in [4.69, 9.17) is 0 Å². The number of benzene rings is 1. The predicted molar refractivity (Wildman–Crippen MR) is 59.7 cm³/mol. The summed E-state index contributed by atoms with van der Waals surface area (Å²) in [5.41, 5.74) is 2.18. The largest absolute Gasteiger partial charge is 0.331 e. The number of para-hydroxylation sites is 2. The molecule has 0 aliphatic carbocycles. The standard InChI is InChI=1S/C12H14N2O/c1-14-11-7-3-2-6-10(11)13-12(14)8-4-5-9-15/h2-3,6-7,9H,4-5,8H2,1H3. The summed E-state index contributed by atoms with van der Waals surface area (Å²) >= 11 is 0. The molecule has 78 valence electrons. The molecule has 3 nitrogen and oxygen atoms in total. The van der Waals surface area contributed by atoms with Gasteiger partial charge in [-0.2, -0.15) is 0 Å². The number of hydrogen-bond donors (Lipinski definition) is 0. The number of aryl methyl sites for hydroxylation is 2. The fraction of sp³-hybridized carbons (Fsp3) is 0.333. The number of carbonyl (C=O) groups excluding carboxylic acids is 1. The first-order valence-electron chi connectivity index (χ1n) is 5.17. The average Bonchev–Trinajstić information content (AvgIpc) is 2.57. The molecular weight excluding hydrogens is 188 g/mol. The Hall–Kier alpha value is -1.64. The van der Waals surface area contributed by atoms with Crippen LogP contribution >= 0.6 is 0 Å². The van der Waals surface area contributed by atoms with Gasteiger partial charge in [-0.1, -0.05) is 12.1 Å². The molecule has 0 saturated carbocycles. The van der Waals surface area contributed by atoms with Crippen LogP contribution in [0, 0.1) is 0 Å². The van der Waals surface area contributed by atoms with Gasteiger partial charge >= 0.3 is 0 Å². The fourth-order valence-electron chi connectivity index (χ4n) is 1.76. The van der Waals surface area contributed by atoms with Crippen LogP contribution in [0.15, 0.2) is 24.3 Å². The van der Waals surface area contributed by atoms with Crippen molar-refractivity contribution in [3.63, 3.8) is 0 Å². The van der Waals surface area contributed by atoms with Crippen LogP contribution in [0.4, 0.5) is 0 Å². The lowest BCUT2D eigenvalue weighted by molar-refractivity contribution is -0.107. The highest BCUT2D eigenvalue weighted by Gasteiger charge is 2.05. The van der Waals surface area contributed by atoms with Crippen molar-refractivity contribution in [3.05, 3.63) is 30.1 Å². The minimum Gasteiger partial charge on any atom is -0.331 e. The van der Waals surface area contributed by atoms with E-state index in [-0.39, 0.29) is 0 Å². The van der Waals surface area contributed by atoms with Gasteiger partial charge in [0, 0.05) is 19.9 Å². The van der Waals surface area contributed by atoms with Crippen molar-refractivity contribution >= 4 is 17.3 Å². The summed E-state index contributed by atoms with van der Waals surface area (Å²) in [6.07, 6.45) is 3.32. The Bertz CT molecular complexity index is 473. The number of carbonyl (C=O) groups is 1. The number of hydrogen-bond acceptors (Lipinski definition) is 2. The molecule has 2 rings (SSSR count). The second-order valence-corrected chi connectivity index (χ2v) is 3.63. The van der Waals surface area contributed by atoms with E-state index in [0.717, 1.165) is 36.0 Å². The Labute approximate surface area is 88.7 Å². The summed E-state index contributed by atoms with van der Waals surface area (Å²) in [6, 6.07) is 8.08. The van der Waals surface area contributed by atoms with Gasteiger partial charge in [-0.25, -0.2) is 4.98 Å². The summed E-state index contributed by atoms with van der Waals surface area (Å²) in [5, 5.41) is 0. The van der Waals surface area contributed by atoms with Crippen molar-refractivity contribution in [2.45, 2.75) is 19.3 Å². The van der Waals surface area contributed by atoms with Gasteiger partial charge < -0.3 is 9.36 Å². The minimum absolute atomic E-state index is 0.614. The summed E-state index contributed by atoms with van der Waals surface area (Å²) in [7, 11) is 2.02. The molecule has 15 heavy (non-hydrogen) atoms. The third-order valence-corrected chi connectivity index (χ3v) is 2.60. The van der Waals surface area contributed by atoms with Crippen molar-refractivity contribution in [3.8, 4) is 0 Å². The van der Waals surface area contributed by atoms with E-state index < -0.39 is 0 Å². The first-order valence-corrected chi connectivity index (χ1v) is 5.17. The molecule has 0 aliphatic rings. The molecule has 1 aromatic heterocycles. The van der Waals surface area contributed by atoms with Crippen LogP contribution in [0.1, 0.15) is 18.7 Å². The molecule has 2 aromatic rings. The number of aldehydes is 1. The van der Waals surface area contributed by atoms with Crippen molar-refractivity contribution in [1.29, 1.82) is 0 Å². The van der Waals surface area contributed by atoms with Crippen LogP contribution in [0.3, 0.4) is 0 Å². The smallest absolute Gasteiger partial charge is 0.120 e. The number of aromatic nitrogens is 2. The number of nitrogens with zero attached hydrogens (tertiary/aromatic N) is 2. The Balaban J connectivity index is 2.27. The number of rotatable bonds is 4. The Kier molecular flexibility index (Phi) is 2.81. The van der Waals surface area contributed by atoms with E-state index in [1.54, 1.807) is 0 Å². The van der Waals surface area contributed by atoms with Crippen LogP contribution in [0.25, 0.3) is 11.0 Å². The van der Waals surface area contributed by atoms with Crippen LogP contribution in [0.5, 0.6) is 0 Å². The van der Waals surface area contributed by atoms with Gasteiger partial charge in [0.2, 0.25) is 0 Å². The third-order valence-electron chi connectivity index (χ3n) is 2.60. The van der Waals surface area contributed by atoms with Gasteiger partial charge in [0.1, 0.15) is 12.1 Å². The van der Waals surface area contributed by atoms with E-state index in [9.17, 15) is 4.79 Å². The lowest BCUT2D eigenvalue weighted by atomic mass is 10.2. The maximum Gasteiger partial charge on any atom is 0.120 e. The Morgan fingerprint density at radius 2 is 2.20 bits per heavy atom. The highest BCUT2D eigenvalue weighted by Crippen LogP contribution is 2.15. The van der Waals surface area contributed by atoms with Crippen molar-refractivity contribution in [2.75, 3.05) is 0 Å². The summed E-state index contributed by atoms with van der Waals surface area (Å²) in [4.78, 5) is 14.8. The normalized spacial score (nSPS) is 10.7. The summed E-state index contributed by atoms with van der Waals surface area (Å²) in [5.74, 6) is 1.05. The summed E-state index contributed by atoms with van der Waals surface area (Å²) in [6.45, 7) is 0. The lowest BCUT2D eigenvalue weighted by Gasteiger charge is -1.99. The van der Waals surface area contributed by atoms with E-state index in [1.165, 1.54) is 0 Å². The highest BCUT2D eigenvalue weighted by atomic mass is 16.1. The number of imidazole rings is 1. The molecule has 0 fully saturated rings. The van der Waals surface area contributed by atoms with Gasteiger partial charge in [-0.3, -0.25) is 0 Å². The zero-order valence-corrected chi connectivity index (χ0v) is 8.81. The second kappa shape index (κ2) is 4.26. The minimum atomic E-state index is 0.614. The van der Waals surface area contributed by atoms with Gasteiger partial charge in [-0.05, 0) is 18.6 Å². The SMILES string of the molecule is Cn1c(CCCC=O)nc2ccccc21. The average molecular weight is 202 g/mol. The molecule has 0 saturated heterocycles. The molecule has 0 aliphatic heterocycles. The molecule has 0 N–H and O–H groups in total.